The fraction of sp³-hybridized carbons (Fsp3) is 0.200. The zero-order chi connectivity index (χ0) is 26.8. The molecule has 0 aliphatic carbocycles. The summed E-state index contributed by atoms with van der Waals surface area (Å²) in [7, 11) is 0. The van der Waals surface area contributed by atoms with Gasteiger partial charge in [-0.15, -0.1) is 0 Å². The summed E-state index contributed by atoms with van der Waals surface area (Å²) in [5, 5.41) is 3.83. The van der Waals surface area contributed by atoms with Gasteiger partial charge in [-0.3, -0.25) is 0 Å². The van der Waals surface area contributed by atoms with E-state index in [-0.39, 0.29) is 11.2 Å². The second-order valence-electron chi connectivity index (χ2n) is 9.13. The minimum Gasteiger partial charge on any atom is -0.317 e. The van der Waals surface area contributed by atoms with Crippen molar-refractivity contribution < 1.29 is 17.6 Å². The maximum Gasteiger partial charge on any atom is 0.416 e. The molecule has 0 amide bonds. The van der Waals surface area contributed by atoms with Crippen molar-refractivity contribution in [2.24, 2.45) is 0 Å². The zero-order valence-corrected chi connectivity index (χ0v) is 22.6. The van der Waals surface area contributed by atoms with E-state index in [0.29, 0.717) is 5.02 Å². The predicted molar refractivity (Wildman–Crippen MR) is 147 cm³/mol. The molecule has 0 saturated carbocycles. The van der Waals surface area contributed by atoms with E-state index in [4.69, 9.17) is 11.6 Å². The summed E-state index contributed by atoms with van der Waals surface area (Å²) >= 11 is 9.37. The van der Waals surface area contributed by atoms with E-state index < -0.39 is 11.7 Å². The number of halogens is 5. The molecule has 8 heteroatoms. The highest BCUT2D eigenvalue weighted by Crippen LogP contribution is 2.49. The molecule has 1 aliphatic rings. The van der Waals surface area contributed by atoms with E-state index >= 15 is 0 Å². The normalized spacial score (nSPS) is 15.4. The Labute approximate surface area is 233 Å². The fourth-order valence-electron chi connectivity index (χ4n) is 4.95. The predicted octanol–water partition coefficient (Wildman–Crippen LogP) is 9.47. The standard InChI is InChI=1S/C30H24ClF4NS2/c31-25-19-21(32)11-14-28(25)38-27-8-4-2-6-24(27)29(15-17-36-18-16-29)23-5-1-3-7-26(23)37-22-12-9-20(10-13-22)30(33,34)35/h1-14,19,36H,15-18H2. The lowest BCUT2D eigenvalue weighted by Crippen LogP contribution is -2.41. The molecule has 1 heterocycles. The largest absolute Gasteiger partial charge is 0.416 e. The lowest BCUT2D eigenvalue weighted by atomic mass is 9.68. The topological polar surface area (TPSA) is 12.0 Å². The molecule has 38 heavy (non-hydrogen) atoms. The van der Waals surface area contributed by atoms with E-state index in [1.54, 1.807) is 6.07 Å². The van der Waals surface area contributed by atoms with Crippen LogP contribution in [0, 0.1) is 5.82 Å². The lowest BCUT2D eigenvalue weighted by molar-refractivity contribution is -0.137. The monoisotopic (exact) mass is 573 g/mol. The molecule has 0 unspecified atom stereocenters. The molecule has 5 rings (SSSR count). The van der Waals surface area contributed by atoms with Crippen molar-refractivity contribution in [1.29, 1.82) is 0 Å². The highest BCUT2D eigenvalue weighted by Gasteiger charge is 2.39. The van der Waals surface area contributed by atoms with Crippen LogP contribution in [-0.4, -0.2) is 13.1 Å². The molecule has 0 spiro atoms. The molecular formula is C30H24ClF4NS2. The molecule has 1 N–H and O–H groups in total. The van der Waals surface area contributed by atoms with Crippen LogP contribution >= 0.6 is 35.1 Å². The molecule has 0 atom stereocenters. The Balaban J connectivity index is 1.56. The van der Waals surface area contributed by atoms with E-state index in [1.165, 1.54) is 47.8 Å². The molecule has 4 aromatic rings. The van der Waals surface area contributed by atoms with Gasteiger partial charge in [-0.05, 0) is 91.7 Å². The van der Waals surface area contributed by atoms with Crippen LogP contribution < -0.4 is 5.32 Å². The third kappa shape index (κ3) is 5.76. The zero-order valence-electron chi connectivity index (χ0n) is 20.2. The number of hydrogen-bond donors (Lipinski definition) is 1. The van der Waals surface area contributed by atoms with Crippen molar-refractivity contribution in [1.82, 2.24) is 5.32 Å². The minimum atomic E-state index is -4.37. The lowest BCUT2D eigenvalue weighted by Gasteiger charge is -2.41. The van der Waals surface area contributed by atoms with Crippen LogP contribution in [0.5, 0.6) is 0 Å². The molecule has 1 saturated heterocycles. The molecule has 1 nitrogen and oxygen atoms in total. The van der Waals surface area contributed by atoms with Crippen LogP contribution in [0.4, 0.5) is 17.6 Å². The number of alkyl halides is 3. The first-order valence-corrected chi connectivity index (χ1v) is 14.2. The van der Waals surface area contributed by atoms with Gasteiger partial charge in [-0.25, -0.2) is 4.39 Å². The maximum absolute atomic E-state index is 13.7. The minimum absolute atomic E-state index is 0.323. The van der Waals surface area contributed by atoms with Gasteiger partial charge >= 0.3 is 6.18 Å². The van der Waals surface area contributed by atoms with Crippen molar-refractivity contribution in [3.63, 3.8) is 0 Å². The van der Waals surface area contributed by atoms with Gasteiger partial charge in [0.1, 0.15) is 5.82 Å². The summed E-state index contributed by atoms with van der Waals surface area (Å²) in [6.45, 7) is 1.66. The number of nitrogens with one attached hydrogen (secondary N) is 1. The van der Waals surface area contributed by atoms with E-state index in [0.717, 1.165) is 68.8 Å². The van der Waals surface area contributed by atoms with Crippen molar-refractivity contribution in [2.45, 2.75) is 44.0 Å². The molecule has 0 bridgehead atoms. The van der Waals surface area contributed by atoms with Gasteiger partial charge in [0.15, 0.2) is 0 Å². The second-order valence-corrected chi connectivity index (χ2v) is 11.7. The Morgan fingerprint density at radius 3 is 1.87 bits per heavy atom. The van der Waals surface area contributed by atoms with E-state index in [9.17, 15) is 17.6 Å². The number of piperidine rings is 1. The molecule has 196 valence electrons. The smallest absolute Gasteiger partial charge is 0.317 e. The summed E-state index contributed by atoms with van der Waals surface area (Å²) in [5.41, 5.74) is 1.32. The fourth-order valence-corrected chi connectivity index (χ4v) is 7.33. The van der Waals surface area contributed by atoms with Gasteiger partial charge < -0.3 is 5.32 Å². The summed E-state index contributed by atoms with van der Waals surface area (Å²) in [6, 6.07) is 26.1. The first kappa shape index (κ1) is 27.1. The SMILES string of the molecule is Fc1ccc(Sc2ccccc2C2(c3ccccc3Sc3ccc(C(F)(F)F)cc3)CCNCC2)c(Cl)c1. The van der Waals surface area contributed by atoms with E-state index in [1.807, 2.05) is 30.3 Å². The number of hydrogen-bond acceptors (Lipinski definition) is 3. The first-order chi connectivity index (χ1) is 18.3. The summed E-state index contributed by atoms with van der Waals surface area (Å²) in [4.78, 5) is 3.57. The van der Waals surface area contributed by atoms with Crippen molar-refractivity contribution in [3.8, 4) is 0 Å². The van der Waals surface area contributed by atoms with Gasteiger partial charge in [-0.2, -0.15) is 13.2 Å². The molecule has 1 fully saturated rings. The Kier molecular flexibility index (Phi) is 8.10. The third-order valence-corrected chi connectivity index (χ3v) is 9.45. The average molecular weight is 574 g/mol. The highest BCUT2D eigenvalue weighted by molar-refractivity contribution is 7.99. The summed E-state index contributed by atoms with van der Waals surface area (Å²) < 4.78 is 53.0. The maximum atomic E-state index is 13.7. The van der Waals surface area contributed by atoms with Gasteiger partial charge in [0.05, 0.1) is 10.6 Å². The van der Waals surface area contributed by atoms with Crippen LogP contribution in [0.1, 0.15) is 29.5 Å². The molecular weight excluding hydrogens is 550 g/mol. The van der Waals surface area contributed by atoms with Gasteiger partial charge in [0.2, 0.25) is 0 Å². The third-order valence-electron chi connectivity index (χ3n) is 6.79. The quantitative estimate of drug-likeness (QED) is 0.231. The summed E-state index contributed by atoms with van der Waals surface area (Å²) in [6.07, 6.45) is -2.66. The van der Waals surface area contributed by atoms with Gasteiger partial charge in [0.25, 0.3) is 0 Å². The number of benzene rings is 4. The van der Waals surface area contributed by atoms with Gasteiger partial charge in [0, 0.05) is 25.0 Å². The average Bonchev–Trinajstić information content (AvgIpc) is 2.91. The van der Waals surface area contributed by atoms with Crippen molar-refractivity contribution >= 4 is 35.1 Å². The van der Waals surface area contributed by atoms with E-state index in [2.05, 4.69) is 23.5 Å². The van der Waals surface area contributed by atoms with Crippen molar-refractivity contribution in [2.75, 3.05) is 13.1 Å². The Bertz CT molecular complexity index is 1420. The van der Waals surface area contributed by atoms with Crippen LogP contribution in [0.3, 0.4) is 0 Å². The van der Waals surface area contributed by atoms with Crippen LogP contribution in [0.15, 0.2) is 111 Å². The van der Waals surface area contributed by atoms with Crippen LogP contribution in [-0.2, 0) is 11.6 Å². The Morgan fingerprint density at radius 2 is 1.29 bits per heavy atom. The second kappa shape index (κ2) is 11.3. The highest BCUT2D eigenvalue weighted by atomic mass is 35.5. The molecule has 0 aromatic heterocycles. The van der Waals surface area contributed by atoms with Crippen molar-refractivity contribution in [3.05, 3.63) is 119 Å². The van der Waals surface area contributed by atoms with Crippen LogP contribution in [0.25, 0.3) is 0 Å². The summed E-state index contributed by atoms with van der Waals surface area (Å²) in [5.74, 6) is -0.378. The first-order valence-electron chi connectivity index (χ1n) is 12.1. The molecule has 0 radical (unpaired) electrons. The van der Waals surface area contributed by atoms with Gasteiger partial charge in [-0.1, -0.05) is 71.5 Å². The number of rotatable bonds is 6. The molecule has 4 aromatic carbocycles. The van der Waals surface area contributed by atoms with Crippen LogP contribution in [0.2, 0.25) is 5.02 Å². The Hall–Kier alpha value is -2.45. The molecule has 1 aliphatic heterocycles. The Morgan fingerprint density at radius 1 is 0.711 bits per heavy atom.